The quantitative estimate of drug-likeness (QED) is 0.0925. The first-order valence-electron chi connectivity index (χ1n) is 17.3. The van der Waals surface area contributed by atoms with Crippen molar-refractivity contribution in [2.24, 2.45) is 0 Å². The molecule has 4 aliphatic heterocycles. The summed E-state index contributed by atoms with van der Waals surface area (Å²) in [6.45, 7) is -1.08. The molecular weight excluding hydrogens is 728 g/mol. The van der Waals surface area contributed by atoms with Crippen LogP contribution >= 0.6 is 0 Å². The van der Waals surface area contributed by atoms with Crippen LogP contribution in [0.25, 0.3) is 0 Å². The van der Waals surface area contributed by atoms with Crippen molar-refractivity contribution in [3.63, 3.8) is 0 Å². The van der Waals surface area contributed by atoms with Gasteiger partial charge >= 0.3 is 0 Å². The average Bonchev–Trinajstić information content (AvgIpc) is 3.14. The Hall–Kier alpha value is -0.920. The van der Waals surface area contributed by atoms with Crippen LogP contribution < -0.4 is 0 Å². The third-order valence-corrected chi connectivity index (χ3v) is 10.4. The maximum absolute atomic E-state index is 11.0. The minimum absolute atomic E-state index is 0.0182. The van der Waals surface area contributed by atoms with Crippen molar-refractivity contribution >= 4 is 0 Å². The summed E-state index contributed by atoms with van der Waals surface area (Å²) in [7, 11) is 0. The first kappa shape index (κ1) is 43.2. The lowest BCUT2D eigenvalue weighted by atomic mass is 9.88. The highest BCUT2D eigenvalue weighted by molar-refractivity contribution is 4.98. The fourth-order valence-electron chi connectivity index (χ4n) is 7.15. The Morgan fingerprint density at radius 1 is 0.396 bits per heavy atom. The van der Waals surface area contributed by atoms with Gasteiger partial charge in [0.15, 0.2) is 25.2 Å². The smallest absolute Gasteiger partial charge is 0.187 e. The first-order valence-corrected chi connectivity index (χ1v) is 17.3. The van der Waals surface area contributed by atoms with Crippen molar-refractivity contribution in [3.8, 4) is 0 Å². The number of aliphatic hydroxyl groups is 15. The molecule has 15 N–H and O–H groups in total. The van der Waals surface area contributed by atoms with E-state index in [2.05, 4.69) is 0 Å². The van der Waals surface area contributed by atoms with Gasteiger partial charge in [-0.25, -0.2) is 0 Å². The zero-order valence-electron chi connectivity index (χ0n) is 28.4. The Morgan fingerprint density at radius 3 is 1.26 bits per heavy atom. The van der Waals surface area contributed by atoms with Gasteiger partial charge in [-0.1, -0.05) is 0 Å². The van der Waals surface area contributed by atoms with E-state index in [-0.39, 0.29) is 12.8 Å². The standard InChI is InChI=1S/C30H52O23/c1-7-24(17(38)20(41)27(45)46-7)47-8-2-3-9(14(35)13(8)34)48-28-22(43)18(39)25(11(5-32)50-28)53-30-23(44)19(40)26(12(6-33)51-30)52-29-21(42)16(37)15(36)10(4-31)49-29/h7-45H,2-6H2,1H3/t7-,8-,9+,10+,11+,12+,13+,14+,15-,16+,17-,18-,19+,20+,21+,22-,23+,24-,25+,26+,27-,28-,29+,30-/m0/s1. The Morgan fingerprint density at radius 2 is 0.792 bits per heavy atom. The van der Waals surface area contributed by atoms with E-state index < -0.39 is 167 Å². The fraction of sp³-hybridized carbons (Fsp3) is 1.00. The molecule has 5 rings (SSSR count). The molecule has 5 fully saturated rings. The van der Waals surface area contributed by atoms with Gasteiger partial charge in [-0.05, 0) is 19.8 Å². The molecule has 1 saturated carbocycles. The number of ether oxygens (including phenoxy) is 8. The molecule has 5 aliphatic rings. The molecule has 0 radical (unpaired) electrons. The molecule has 4 saturated heterocycles. The van der Waals surface area contributed by atoms with Crippen molar-refractivity contribution in [2.45, 2.75) is 167 Å². The van der Waals surface area contributed by atoms with Gasteiger partial charge in [0.25, 0.3) is 0 Å². The summed E-state index contributed by atoms with van der Waals surface area (Å²) in [6, 6.07) is 0. The van der Waals surface area contributed by atoms with Gasteiger partial charge in [0.05, 0.1) is 38.1 Å². The molecule has 0 aromatic carbocycles. The van der Waals surface area contributed by atoms with E-state index in [9.17, 15) is 76.6 Å². The second kappa shape index (κ2) is 18.1. The molecule has 4 heterocycles. The zero-order chi connectivity index (χ0) is 39.0. The SMILES string of the molecule is C[C@@H]1O[C@H](O)[C@H](O)[C@H](O)[C@H]1O[C@H]1CC[C@@H](O[C@H]2O[C@H](CO)[C@@H](O[C@@H]3O[C@H](CO)[C@@H](O[C@H]4O[C@H](CO)[C@H](O)[C@@H](O)[C@H]4O)[C@H](O)[C@H]3O)[C@@H](O)[C@@H]2O)[C@@H](O)[C@@H]1O. The van der Waals surface area contributed by atoms with Crippen molar-refractivity contribution in [1.82, 2.24) is 0 Å². The van der Waals surface area contributed by atoms with Crippen molar-refractivity contribution < 1.29 is 114 Å². The van der Waals surface area contributed by atoms with E-state index in [0.717, 1.165) is 0 Å². The summed E-state index contributed by atoms with van der Waals surface area (Å²) in [5.74, 6) is 0. The molecule has 0 aromatic heterocycles. The van der Waals surface area contributed by atoms with Gasteiger partial charge < -0.3 is 114 Å². The van der Waals surface area contributed by atoms with Crippen LogP contribution in [0.1, 0.15) is 19.8 Å². The van der Waals surface area contributed by atoms with E-state index in [4.69, 9.17) is 37.9 Å². The molecule has 0 bridgehead atoms. The van der Waals surface area contributed by atoms with Crippen LogP contribution in [0.5, 0.6) is 0 Å². The van der Waals surface area contributed by atoms with Crippen LogP contribution in [-0.4, -0.2) is 244 Å². The fourth-order valence-corrected chi connectivity index (χ4v) is 7.15. The number of rotatable bonds is 11. The molecule has 310 valence electrons. The number of aliphatic hydroxyl groups excluding tert-OH is 15. The lowest BCUT2D eigenvalue weighted by Crippen LogP contribution is -2.67. The second-order valence-corrected chi connectivity index (χ2v) is 13.9. The summed E-state index contributed by atoms with van der Waals surface area (Å²) >= 11 is 0. The van der Waals surface area contributed by atoms with E-state index >= 15 is 0 Å². The third-order valence-electron chi connectivity index (χ3n) is 10.4. The average molecular weight is 781 g/mol. The van der Waals surface area contributed by atoms with Crippen LogP contribution in [0.15, 0.2) is 0 Å². The van der Waals surface area contributed by atoms with E-state index in [1.165, 1.54) is 6.92 Å². The van der Waals surface area contributed by atoms with Crippen LogP contribution in [0.4, 0.5) is 0 Å². The summed E-state index contributed by atoms with van der Waals surface area (Å²) in [4.78, 5) is 0. The highest BCUT2D eigenvalue weighted by atomic mass is 16.8. The molecule has 0 spiro atoms. The molecule has 1 aliphatic carbocycles. The number of hydrogen-bond donors (Lipinski definition) is 15. The lowest BCUT2D eigenvalue weighted by Gasteiger charge is -2.48. The Kier molecular flexibility index (Phi) is 14.8. The van der Waals surface area contributed by atoms with Crippen molar-refractivity contribution in [2.75, 3.05) is 19.8 Å². The summed E-state index contributed by atoms with van der Waals surface area (Å²) in [5.41, 5.74) is 0. The van der Waals surface area contributed by atoms with Crippen LogP contribution in [0.2, 0.25) is 0 Å². The minimum atomic E-state index is -2.02. The molecule has 0 unspecified atom stereocenters. The Bertz CT molecular complexity index is 1140. The summed E-state index contributed by atoms with van der Waals surface area (Å²) in [5, 5.41) is 155. The molecule has 24 atom stereocenters. The van der Waals surface area contributed by atoms with Crippen LogP contribution in [0.3, 0.4) is 0 Å². The molecule has 53 heavy (non-hydrogen) atoms. The topological polar surface area (TPSA) is 377 Å². The predicted molar refractivity (Wildman–Crippen MR) is 162 cm³/mol. The van der Waals surface area contributed by atoms with E-state index in [0.29, 0.717) is 0 Å². The van der Waals surface area contributed by atoms with Gasteiger partial charge in [0, 0.05) is 0 Å². The van der Waals surface area contributed by atoms with E-state index in [1.807, 2.05) is 0 Å². The highest BCUT2D eigenvalue weighted by Crippen LogP contribution is 2.35. The highest BCUT2D eigenvalue weighted by Gasteiger charge is 2.55. The zero-order valence-corrected chi connectivity index (χ0v) is 28.4. The molecule has 0 amide bonds. The van der Waals surface area contributed by atoms with Gasteiger partial charge in [0.1, 0.15) is 104 Å². The van der Waals surface area contributed by atoms with Crippen LogP contribution in [-0.2, 0) is 37.9 Å². The van der Waals surface area contributed by atoms with Gasteiger partial charge in [0.2, 0.25) is 0 Å². The maximum Gasteiger partial charge on any atom is 0.187 e. The number of hydrogen-bond acceptors (Lipinski definition) is 23. The van der Waals surface area contributed by atoms with Crippen LogP contribution in [0, 0.1) is 0 Å². The maximum atomic E-state index is 11.0. The Labute approximate surface area is 301 Å². The van der Waals surface area contributed by atoms with Gasteiger partial charge in [-0.2, -0.15) is 0 Å². The molecule has 0 aromatic rings. The van der Waals surface area contributed by atoms with Crippen molar-refractivity contribution in [3.05, 3.63) is 0 Å². The van der Waals surface area contributed by atoms with Gasteiger partial charge in [-0.15, -0.1) is 0 Å². The Balaban J connectivity index is 1.18. The summed E-state index contributed by atoms with van der Waals surface area (Å²) < 4.78 is 44.2. The second-order valence-electron chi connectivity index (χ2n) is 13.9. The minimum Gasteiger partial charge on any atom is -0.394 e. The molecule has 23 nitrogen and oxygen atoms in total. The monoisotopic (exact) mass is 780 g/mol. The predicted octanol–water partition coefficient (Wildman–Crippen LogP) is -9.45. The summed E-state index contributed by atoms with van der Waals surface area (Å²) in [6.07, 6.45) is -39.0. The first-order chi connectivity index (χ1) is 25.0. The third kappa shape index (κ3) is 8.82. The lowest BCUT2D eigenvalue weighted by molar-refractivity contribution is -0.382. The van der Waals surface area contributed by atoms with Gasteiger partial charge in [-0.3, -0.25) is 0 Å². The molecular formula is C30H52O23. The largest absolute Gasteiger partial charge is 0.394 e. The van der Waals surface area contributed by atoms with Crippen molar-refractivity contribution in [1.29, 1.82) is 0 Å². The molecule has 23 heteroatoms. The van der Waals surface area contributed by atoms with E-state index in [1.54, 1.807) is 0 Å². The normalized spacial score (nSPS) is 54.1.